The zero-order valence-corrected chi connectivity index (χ0v) is 14.2. The summed E-state index contributed by atoms with van der Waals surface area (Å²) in [5.41, 5.74) is 2.80. The second-order valence-corrected chi connectivity index (χ2v) is 6.40. The summed E-state index contributed by atoms with van der Waals surface area (Å²) in [6.07, 6.45) is 5.29. The van der Waals surface area contributed by atoms with Gasteiger partial charge in [0.05, 0.1) is 11.8 Å². The second kappa shape index (κ2) is 6.69. The van der Waals surface area contributed by atoms with Gasteiger partial charge in [-0.05, 0) is 43.9 Å². The molecule has 0 spiro atoms. The van der Waals surface area contributed by atoms with E-state index in [4.69, 9.17) is 21.3 Å². The first-order valence-corrected chi connectivity index (χ1v) is 8.60. The molecule has 0 radical (unpaired) electrons. The van der Waals surface area contributed by atoms with Gasteiger partial charge in [-0.2, -0.15) is 4.98 Å². The molecule has 3 aromatic rings. The molecule has 0 amide bonds. The number of rotatable bonds is 3. The predicted molar refractivity (Wildman–Crippen MR) is 94.6 cm³/mol. The van der Waals surface area contributed by atoms with Crippen LogP contribution in [-0.2, 0) is 12.8 Å². The van der Waals surface area contributed by atoms with E-state index >= 15 is 0 Å². The minimum atomic E-state index is 0.200. The molecule has 1 aliphatic carbocycles. The number of nitrogens with zero attached hydrogens (tertiary/aromatic N) is 3. The summed E-state index contributed by atoms with van der Waals surface area (Å²) < 4.78 is 6.56. The van der Waals surface area contributed by atoms with Gasteiger partial charge in [0.1, 0.15) is 0 Å². The van der Waals surface area contributed by atoms with Gasteiger partial charge in [0.25, 0.3) is 0 Å². The van der Waals surface area contributed by atoms with E-state index < -0.39 is 0 Å². The molecular formula is C19H16ClN3O2. The number of benzene rings is 1. The van der Waals surface area contributed by atoms with Gasteiger partial charge in [0.2, 0.25) is 5.88 Å². The molecule has 0 aliphatic heterocycles. The number of hydrogen-bond donors (Lipinski definition) is 0. The Hall–Kier alpha value is -2.66. The number of aromatic nitrogens is 3. The summed E-state index contributed by atoms with van der Waals surface area (Å²) in [6, 6.07) is 12.5. The van der Waals surface area contributed by atoms with Gasteiger partial charge >= 0.3 is 5.88 Å². The molecular weight excluding hydrogens is 338 g/mol. The Morgan fingerprint density at radius 3 is 2.76 bits per heavy atom. The van der Waals surface area contributed by atoms with Crippen LogP contribution in [0.1, 0.15) is 24.1 Å². The minimum Gasteiger partial charge on any atom is -0.616 e. The Labute approximate surface area is 150 Å². The number of aryl methyl sites for hydroxylation is 1. The van der Waals surface area contributed by atoms with Crippen LogP contribution in [0.15, 0.2) is 48.7 Å². The van der Waals surface area contributed by atoms with Crippen molar-refractivity contribution >= 4 is 11.6 Å². The third-order valence-electron chi connectivity index (χ3n) is 4.22. The quantitative estimate of drug-likeness (QED) is 0.525. The van der Waals surface area contributed by atoms with Gasteiger partial charge in [0.15, 0.2) is 12.0 Å². The maximum atomic E-state index is 11.9. The van der Waals surface area contributed by atoms with Crippen molar-refractivity contribution in [1.29, 1.82) is 0 Å². The molecule has 0 unspecified atom stereocenters. The van der Waals surface area contributed by atoms with E-state index in [0.717, 1.165) is 42.5 Å². The lowest BCUT2D eigenvalue weighted by molar-refractivity contribution is -0.611. The Kier molecular flexibility index (Phi) is 4.24. The van der Waals surface area contributed by atoms with Crippen LogP contribution in [0.25, 0.3) is 11.4 Å². The highest BCUT2D eigenvalue weighted by Gasteiger charge is 2.21. The lowest BCUT2D eigenvalue weighted by atomic mass is 9.96. The first-order valence-electron chi connectivity index (χ1n) is 8.22. The first-order chi connectivity index (χ1) is 12.2. The monoisotopic (exact) mass is 353 g/mol. The fourth-order valence-electron chi connectivity index (χ4n) is 2.99. The Bertz CT molecular complexity index is 930. The number of hydrogen-bond acceptors (Lipinski definition) is 4. The van der Waals surface area contributed by atoms with Crippen molar-refractivity contribution in [1.82, 2.24) is 9.97 Å². The van der Waals surface area contributed by atoms with Gasteiger partial charge in [-0.25, -0.2) is 4.98 Å². The highest BCUT2D eigenvalue weighted by Crippen LogP contribution is 2.32. The van der Waals surface area contributed by atoms with E-state index in [9.17, 15) is 5.21 Å². The zero-order valence-electron chi connectivity index (χ0n) is 13.5. The summed E-state index contributed by atoms with van der Waals surface area (Å²) in [4.78, 5) is 9.30. The van der Waals surface area contributed by atoms with Crippen LogP contribution in [0.3, 0.4) is 0 Å². The fourth-order valence-corrected chi connectivity index (χ4v) is 3.18. The highest BCUT2D eigenvalue weighted by molar-refractivity contribution is 6.30. The van der Waals surface area contributed by atoms with Gasteiger partial charge in [0, 0.05) is 22.2 Å². The normalized spacial score (nSPS) is 13.3. The van der Waals surface area contributed by atoms with Crippen molar-refractivity contribution in [2.45, 2.75) is 25.7 Å². The van der Waals surface area contributed by atoms with Gasteiger partial charge in [-0.1, -0.05) is 23.7 Å². The topological polar surface area (TPSA) is 62.0 Å². The lowest BCUT2D eigenvalue weighted by Crippen LogP contribution is -2.27. The first kappa shape index (κ1) is 15.8. The smallest absolute Gasteiger partial charge is 0.386 e. The van der Waals surface area contributed by atoms with E-state index in [1.807, 2.05) is 24.3 Å². The number of fused-ring (bicyclic) bond motifs is 1. The number of pyridine rings is 1. The molecule has 4 rings (SSSR count). The maximum absolute atomic E-state index is 11.9. The van der Waals surface area contributed by atoms with Crippen molar-refractivity contribution in [2.24, 2.45) is 0 Å². The summed E-state index contributed by atoms with van der Waals surface area (Å²) in [6.45, 7) is 0. The SMILES string of the molecule is [O-][n+]1ccccc1Oc1nc(-c2cccc(Cl)c2)nc2c1CCCC2. The summed E-state index contributed by atoms with van der Waals surface area (Å²) in [5.74, 6) is 1.22. The van der Waals surface area contributed by atoms with Crippen molar-refractivity contribution in [2.75, 3.05) is 0 Å². The zero-order chi connectivity index (χ0) is 17.2. The summed E-state index contributed by atoms with van der Waals surface area (Å²) in [7, 11) is 0. The van der Waals surface area contributed by atoms with E-state index in [1.165, 1.54) is 6.20 Å². The van der Waals surface area contributed by atoms with Crippen LogP contribution in [0.5, 0.6) is 11.8 Å². The van der Waals surface area contributed by atoms with Gasteiger partial charge in [-0.3, -0.25) is 0 Å². The molecule has 5 nitrogen and oxygen atoms in total. The molecule has 0 bridgehead atoms. The average molecular weight is 354 g/mol. The molecule has 0 fully saturated rings. The third kappa shape index (κ3) is 3.28. The van der Waals surface area contributed by atoms with Crippen molar-refractivity contribution in [3.63, 3.8) is 0 Å². The van der Waals surface area contributed by atoms with Crippen LogP contribution in [0, 0.1) is 5.21 Å². The van der Waals surface area contributed by atoms with Crippen LogP contribution < -0.4 is 9.47 Å². The Balaban J connectivity index is 1.82. The number of ether oxygens (including phenoxy) is 1. The molecule has 2 aromatic heterocycles. The lowest BCUT2D eigenvalue weighted by Gasteiger charge is -2.18. The number of halogens is 1. The van der Waals surface area contributed by atoms with E-state index in [0.29, 0.717) is 21.5 Å². The highest BCUT2D eigenvalue weighted by atomic mass is 35.5. The standard InChI is InChI=1S/C19H16ClN3O2/c20-14-7-5-6-13(12-14)18-21-16-9-2-1-8-15(16)19(22-18)25-17-10-3-4-11-23(17)24/h3-7,10-12H,1-2,8-9H2. The van der Waals surface area contributed by atoms with E-state index in [1.54, 1.807) is 18.2 Å². The molecule has 0 N–H and O–H groups in total. The van der Waals surface area contributed by atoms with Crippen molar-refractivity contribution < 1.29 is 9.47 Å². The summed E-state index contributed by atoms with van der Waals surface area (Å²) in [5, 5.41) is 12.5. The van der Waals surface area contributed by atoms with Gasteiger partial charge < -0.3 is 9.94 Å². The molecule has 1 aliphatic rings. The fraction of sp³-hybridized carbons (Fsp3) is 0.211. The Morgan fingerprint density at radius 1 is 1.04 bits per heavy atom. The molecule has 1 aromatic carbocycles. The second-order valence-electron chi connectivity index (χ2n) is 5.96. The predicted octanol–water partition coefficient (Wildman–Crippen LogP) is 4.10. The largest absolute Gasteiger partial charge is 0.616 e. The molecule has 0 atom stereocenters. The molecule has 2 heterocycles. The molecule has 6 heteroatoms. The minimum absolute atomic E-state index is 0.200. The van der Waals surface area contributed by atoms with Gasteiger partial charge in [-0.15, -0.1) is 4.73 Å². The Morgan fingerprint density at radius 2 is 1.92 bits per heavy atom. The molecule has 126 valence electrons. The maximum Gasteiger partial charge on any atom is 0.386 e. The van der Waals surface area contributed by atoms with Crippen molar-refractivity contribution in [3.05, 3.63) is 70.1 Å². The molecule has 25 heavy (non-hydrogen) atoms. The third-order valence-corrected chi connectivity index (χ3v) is 4.45. The van der Waals surface area contributed by atoms with Crippen LogP contribution >= 0.6 is 11.6 Å². The van der Waals surface area contributed by atoms with Crippen LogP contribution in [0.2, 0.25) is 5.02 Å². The van der Waals surface area contributed by atoms with E-state index in [2.05, 4.69) is 4.98 Å². The van der Waals surface area contributed by atoms with Crippen molar-refractivity contribution in [3.8, 4) is 23.1 Å². The van der Waals surface area contributed by atoms with E-state index in [-0.39, 0.29) is 5.88 Å². The molecule has 0 saturated heterocycles. The van der Waals surface area contributed by atoms with Crippen LogP contribution in [0.4, 0.5) is 0 Å². The summed E-state index contributed by atoms with van der Waals surface area (Å²) >= 11 is 6.10. The van der Waals surface area contributed by atoms with Crippen LogP contribution in [-0.4, -0.2) is 9.97 Å². The molecule has 0 saturated carbocycles. The average Bonchev–Trinajstić information content (AvgIpc) is 2.63.